The van der Waals surface area contributed by atoms with E-state index in [4.69, 9.17) is 0 Å². The Hall–Kier alpha value is -1.02. The van der Waals surface area contributed by atoms with Crippen LogP contribution in [0.15, 0.2) is 24.3 Å². The van der Waals surface area contributed by atoms with E-state index in [0.717, 1.165) is 0 Å². The third-order valence-electron chi connectivity index (χ3n) is 5.09. The molecule has 0 heterocycles. The van der Waals surface area contributed by atoms with E-state index in [0.29, 0.717) is 17.5 Å². The lowest BCUT2D eigenvalue weighted by atomic mass is 9.75. The molecule has 0 bridgehead atoms. The molecule has 2 rings (SSSR count). The molecule has 1 aromatic carbocycles. The molecule has 0 aromatic heterocycles. The zero-order valence-electron chi connectivity index (χ0n) is 13.7. The molecule has 1 aliphatic carbocycles. The summed E-state index contributed by atoms with van der Waals surface area (Å²) in [7, 11) is 4.26. The van der Waals surface area contributed by atoms with Gasteiger partial charge in [-0.25, -0.2) is 0 Å². The predicted octanol–water partition coefficient (Wildman–Crippen LogP) is 4.37. The number of benzene rings is 1. The first-order valence-electron chi connectivity index (χ1n) is 7.93. The van der Waals surface area contributed by atoms with Crippen LogP contribution >= 0.6 is 0 Å². The maximum atomic E-state index is 3.29. The van der Waals surface area contributed by atoms with Crippen molar-refractivity contribution in [2.75, 3.05) is 19.0 Å². The quantitative estimate of drug-likeness (QED) is 0.877. The highest BCUT2D eigenvalue weighted by atomic mass is 15.1. The van der Waals surface area contributed by atoms with E-state index in [1.807, 2.05) is 7.05 Å². The lowest BCUT2D eigenvalue weighted by Crippen LogP contribution is -2.37. The molecule has 0 saturated heterocycles. The van der Waals surface area contributed by atoms with Gasteiger partial charge in [0.1, 0.15) is 0 Å². The summed E-state index contributed by atoms with van der Waals surface area (Å²) in [6, 6.07) is 10.2. The second-order valence-electron chi connectivity index (χ2n) is 7.11. The van der Waals surface area contributed by atoms with Crippen molar-refractivity contribution in [3.05, 3.63) is 29.8 Å². The van der Waals surface area contributed by atoms with Gasteiger partial charge in [0, 0.05) is 24.8 Å². The van der Waals surface area contributed by atoms with Gasteiger partial charge in [-0.1, -0.05) is 26.0 Å². The number of rotatable bonds is 4. The Balaban J connectivity index is 2.01. The van der Waals surface area contributed by atoms with Gasteiger partial charge < -0.3 is 10.2 Å². The lowest BCUT2D eigenvalue weighted by molar-refractivity contribution is 0.222. The number of nitrogens with one attached hydrogen (secondary N) is 1. The predicted molar refractivity (Wildman–Crippen MR) is 88.4 cm³/mol. The zero-order chi connectivity index (χ0) is 14.8. The van der Waals surface area contributed by atoms with Crippen molar-refractivity contribution in [3.8, 4) is 0 Å². The third-order valence-corrected chi connectivity index (χ3v) is 5.09. The Kier molecular flexibility index (Phi) is 4.74. The van der Waals surface area contributed by atoms with E-state index in [-0.39, 0.29) is 0 Å². The normalized spacial score (nSPS) is 20.6. The Morgan fingerprint density at radius 3 is 2.20 bits per heavy atom. The van der Waals surface area contributed by atoms with E-state index >= 15 is 0 Å². The topological polar surface area (TPSA) is 15.3 Å². The standard InChI is InChI=1S/C18H30N2/c1-14(19-4)15-6-8-16(9-7-15)20(5)17-10-12-18(2,3)13-11-17/h6-9,14,17,19H,10-13H2,1-5H3. The molecule has 0 aliphatic heterocycles. The van der Waals surface area contributed by atoms with Gasteiger partial charge in [-0.2, -0.15) is 0 Å². The molecule has 20 heavy (non-hydrogen) atoms. The maximum Gasteiger partial charge on any atom is 0.0366 e. The van der Waals surface area contributed by atoms with Crippen LogP contribution in [0.2, 0.25) is 0 Å². The van der Waals surface area contributed by atoms with Crippen LogP contribution in [0.25, 0.3) is 0 Å². The highest BCUT2D eigenvalue weighted by molar-refractivity contribution is 5.48. The Morgan fingerprint density at radius 1 is 1.15 bits per heavy atom. The number of hydrogen-bond acceptors (Lipinski definition) is 2. The van der Waals surface area contributed by atoms with Gasteiger partial charge in [0.05, 0.1) is 0 Å². The van der Waals surface area contributed by atoms with Crippen molar-refractivity contribution in [2.45, 2.75) is 58.5 Å². The molecular formula is C18H30N2. The fourth-order valence-electron chi connectivity index (χ4n) is 3.15. The maximum absolute atomic E-state index is 3.29. The van der Waals surface area contributed by atoms with E-state index < -0.39 is 0 Å². The van der Waals surface area contributed by atoms with Crippen LogP contribution in [-0.2, 0) is 0 Å². The van der Waals surface area contributed by atoms with E-state index in [1.54, 1.807) is 0 Å². The van der Waals surface area contributed by atoms with Crippen LogP contribution in [0.3, 0.4) is 0 Å². The molecule has 2 nitrogen and oxygen atoms in total. The molecule has 1 unspecified atom stereocenters. The molecule has 0 radical (unpaired) electrons. The first kappa shape index (κ1) is 15.4. The first-order valence-corrected chi connectivity index (χ1v) is 7.93. The summed E-state index contributed by atoms with van der Waals surface area (Å²) in [6.45, 7) is 7.00. The van der Waals surface area contributed by atoms with Gasteiger partial charge >= 0.3 is 0 Å². The molecule has 0 spiro atoms. The summed E-state index contributed by atoms with van der Waals surface area (Å²) < 4.78 is 0. The van der Waals surface area contributed by atoms with Crippen LogP contribution in [-0.4, -0.2) is 20.1 Å². The SMILES string of the molecule is CNC(C)c1ccc(N(C)C2CCC(C)(C)CC2)cc1. The summed E-state index contributed by atoms with van der Waals surface area (Å²) >= 11 is 0. The smallest absolute Gasteiger partial charge is 0.0366 e. The molecule has 1 saturated carbocycles. The number of anilines is 1. The molecule has 112 valence electrons. The molecule has 1 N–H and O–H groups in total. The highest BCUT2D eigenvalue weighted by Gasteiger charge is 2.28. The van der Waals surface area contributed by atoms with Crippen molar-refractivity contribution in [1.82, 2.24) is 5.32 Å². The van der Waals surface area contributed by atoms with Crippen molar-refractivity contribution < 1.29 is 0 Å². The van der Waals surface area contributed by atoms with Crippen LogP contribution in [0.1, 0.15) is 58.1 Å². The Labute approximate surface area is 124 Å². The van der Waals surface area contributed by atoms with Gasteiger partial charge in [0.15, 0.2) is 0 Å². The van der Waals surface area contributed by atoms with Crippen molar-refractivity contribution in [1.29, 1.82) is 0 Å². The molecule has 1 atom stereocenters. The lowest BCUT2D eigenvalue weighted by Gasteiger charge is -2.39. The summed E-state index contributed by atoms with van der Waals surface area (Å²) in [5.74, 6) is 0. The summed E-state index contributed by atoms with van der Waals surface area (Å²) in [6.07, 6.45) is 5.32. The second-order valence-corrected chi connectivity index (χ2v) is 7.11. The van der Waals surface area contributed by atoms with Gasteiger partial charge in [-0.05, 0) is 62.8 Å². The van der Waals surface area contributed by atoms with Gasteiger partial charge in [0.2, 0.25) is 0 Å². The minimum atomic E-state index is 0.421. The van der Waals surface area contributed by atoms with Crippen molar-refractivity contribution >= 4 is 5.69 Å². The highest BCUT2D eigenvalue weighted by Crippen LogP contribution is 2.37. The van der Waals surface area contributed by atoms with E-state index in [9.17, 15) is 0 Å². The van der Waals surface area contributed by atoms with Crippen LogP contribution < -0.4 is 10.2 Å². The summed E-state index contributed by atoms with van der Waals surface area (Å²) in [5, 5.41) is 3.29. The summed E-state index contributed by atoms with van der Waals surface area (Å²) in [5.41, 5.74) is 3.25. The van der Waals surface area contributed by atoms with Crippen LogP contribution in [0.5, 0.6) is 0 Å². The van der Waals surface area contributed by atoms with Crippen LogP contribution in [0, 0.1) is 5.41 Å². The minimum absolute atomic E-state index is 0.421. The zero-order valence-corrected chi connectivity index (χ0v) is 13.7. The number of hydrogen-bond donors (Lipinski definition) is 1. The van der Waals surface area contributed by atoms with Gasteiger partial charge in [-0.3, -0.25) is 0 Å². The fourth-order valence-corrected chi connectivity index (χ4v) is 3.15. The molecule has 0 amide bonds. The largest absolute Gasteiger partial charge is 0.372 e. The first-order chi connectivity index (χ1) is 9.43. The third kappa shape index (κ3) is 3.54. The monoisotopic (exact) mass is 274 g/mol. The molecule has 1 fully saturated rings. The fraction of sp³-hybridized carbons (Fsp3) is 0.667. The average Bonchev–Trinajstić information content (AvgIpc) is 2.46. The second kappa shape index (κ2) is 6.17. The van der Waals surface area contributed by atoms with Crippen molar-refractivity contribution in [3.63, 3.8) is 0 Å². The van der Waals surface area contributed by atoms with E-state index in [2.05, 4.69) is 62.3 Å². The number of nitrogens with zero attached hydrogens (tertiary/aromatic N) is 1. The van der Waals surface area contributed by atoms with Gasteiger partial charge in [0.25, 0.3) is 0 Å². The van der Waals surface area contributed by atoms with E-state index in [1.165, 1.54) is 36.9 Å². The average molecular weight is 274 g/mol. The van der Waals surface area contributed by atoms with Crippen molar-refractivity contribution in [2.24, 2.45) is 5.41 Å². The minimum Gasteiger partial charge on any atom is -0.372 e. The summed E-state index contributed by atoms with van der Waals surface area (Å²) in [4.78, 5) is 2.48. The Bertz CT molecular complexity index is 412. The molecule has 1 aromatic rings. The Morgan fingerprint density at radius 2 is 1.70 bits per heavy atom. The molecule has 1 aliphatic rings. The molecule has 2 heteroatoms. The van der Waals surface area contributed by atoms with Gasteiger partial charge in [-0.15, -0.1) is 0 Å². The molecular weight excluding hydrogens is 244 g/mol. The van der Waals surface area contributed by atoms with Crippen LogP contribution in [0.4, 0.5) is 5.69 Å².